The minimum absolute atomic E-state index is 0.131. The number of amides is 1. The molecule has 1 amide bonds. The second-order valence-corrected chi connectivity index (χ2v) is 6.63. The molecule has 2 aromatic heterocycles. The van der Waals surface area contributed by atoms with Gasteiger partial charge in [0.25, 0.3) is 5.56 Å². The third-order valence-electron chi connectivity index (χ3n) is 2.69. The number of carbonyl (C=O) groups is 1. The molecule has 112 valence electrons. The maximum atomic E-state index is 11.9. The number of aryl methyl sites for hydroxylation is 1. The van der Waals surface area contributed by atoms with Crippen LogP contribution in [0.2, 0.25) is 0 Å². The smallest absolute Gasteiger partial charge is 0.293 e. The van der Waals surface area contributed by atoms with Crippen molar-refractivity contribution >= 4 is 39.7 Å². The van der Waals surface area contributed by atoms with Crippen molar-refractivity contribution in [1.82, 2.24) is 19.8 Å². The molecule has 1 N–H and O–H groups in total. The lowest BCUT2D eigenvalue weighted by atomic mass is 10.2. The summed E-state index contributed by atoms with van der Waals surface area (Å²) in [5.41, 5.74) is 1.50. The first-order chi connectivity index (χ1) is 10.6. The summed E-state index contributed by atoms with van der Waals surface area (Å²) in [5, 5.41) is 14.3. The third-order valence-corrected chi connectivity index (χ3v) is 4.72. The summed E-state index contributed by atoms with van der Waals surface area (Å²) in [6.07, 6.45) is 1.10. The lowest BCUT2D eigenvalue weighted by Crippen LogP contribution is -2.15. The van der Waals surface area contributed by atoms with Crippen LogP contribution < -0.4 is 10.9 Å². The van der Waals surface area contributed by atoms with Crippen molar-refractivity contribution in [2.75, 3.05) is 11.1 Å². The zero-order valence-corrected chi connectivity index (χ0v) is 13.1. The molecule has 9 heteroatoms. The SMILES string of the molecule is Cc1cccc(NC(=O)CSc2nn3c(=O)cnnc3s2)c1. The van der Waals surface area contributed by atoms with Gasteiger partial charge in [-0.2, -0.15) is 9.61 Å². The van der Waals surface area contributed by atoms with Crippen LogP contribution in [0.5, 0.6) is 0 Å². The van der Waals surface area contributed by atoms with Crippen LogP contribution in [0.4, 0.5) is 5.69 Å². The van der Waals surface area contributed by atoms with Crippen LogP contribution in [0.1, 0.15) is 5.56 Å². The Morgan fingerprint density at radius 2 is 2.32 bits per heavy atom. The van der Waals surface area contributed by atoms with Crippen LogP contribution in [0.3, 0.4) is 0 Å². The zero-order valence-electron chi connectivity index (χ0n) is 11.5. The molecular weight excluding hydrogens is 322 g/mol. The molecule has 3 aromatic rings. The fraction of sp³-hybridized carbons (Fsp3) is 0.154. The highest BCUT2D eigenvalue weighted by atomic mass is 32.2. The highest BCUT2D eigenvalue weighted by molar-refractivity contribution is 8.01. The lowest BCUT2D eigenvalue weighted by Gasteiger charge is -2.04. The van der Waals surface area contributed by atoms with Gasteiger partial charge in [-0.05, 0) is 24.6 Å². The predicted molar refractivity (Wildman–Crippen MR) is 85.5 cm³/mol. The zero-order chi connectivity index (χ0) is 15.5. The fourth-order valence-corrected chi connectivity index (χ4v) is 3.45. The van der Waals surface area contributed by atoms with E-state index < -0.39 is 0 Å². The number of fused-ring (bicyclic) bond motifs is 1. The van der Waals surface area contributed by atoms with Crippen molar-refractivity contribution < 1.29 is 4.79 Å². The molecule has 2 heterocycles. The van der Waals surface area contributed by atoms with Crippen LogP contribution in [0, 0.1) is 6.92 Å². The largest absolute Gasteiger partial charge is 0.325 e. The van der Waals surface area contributed by atoms with Crippen LogP contribution in [0.25, 0.3) is 4.96 Å². The minimum atomic E-state index is -0.336. The Morgan fingerprint density at radius 1 is 1.45 bits per heavy atom. The molecule has 0 aliphatic heterocycles. The van der Waals surface area contributed by atoms with E-state index in [0.29, 0.717) is 9.30 Å². The van der Waals surface area contributed by atoms with E-state index in [1.54, 1.807) is 0 Å². The first-order valence-electron chi connectivity index (χ1n) is 6.33. The monoisotopic (exact) mass is 333 g/mol. The average molecular weight is 333 g/mol. The summed E-state index contributed by atoms with van der Waals surface area (Å²) in [6, 6.07) is 7.58. The number of rotatable bonds is 4. The van der Waals surface area contributed by atoms with Crippen molar-refractivity contribution in [2.24, 2.45) is 0 Å². The number of nitrogens with one attached hydrogen (secondary N) is 1. The van der Waals surface area contributed by atoms with Gasteiger partial charge in [-0.25, -0.2) is 0 Å². The summed E-state index contributed by atoms with van der Waals surface area (Å²) in [5.74, 6) is 0.0731. The molecule has 0 unspecified atom stereocenters. The summed E-state index contributed by atoms with van der Waals surface area (Å²) < 4.78 is 1.77. The van der Waals surface area contributed by atoms with Crippen molar-refractivity contribution in [3.8, 4) is 0 Å². The second-order valence-electron chi connectivity index (χ2n) is 4.45. The van der Waals surface area contributed by atoms with Gasteiger partial charge < -0.3 is 5.32 Å². The van der Waals surface area contributed by atoms with E-state index in [2.05, 4.69) is 20.6 Å². The van der Waals surface area contributed by atoms with E-state index in [0.717, 1.165) is 17.4 Å². The summed E-state index contributed by atoms with van der Waals surface area (Å²) >= 11 is 2.48. The number of nitrogens with zero attached hydrogens (tertiary/aromatic N) is 4. The van der Waals surface area contributed by atoms with Gasteiger partial charge in [0.15, 0.2) is 4.34 Å². The van der Waals surface area contributed by atoms with E-state index in [9.17, 15) is 9.59 Å². The minimum Gasteiger partial charge on any atom is -0.325 e. The molecule has 0 bridgehead atoms. The normalized spacial score (nSPS) is 10.8. The van der Waals surface area contributed by atoms with Crippen molar-refractivity contribution in [3.05, 3.63) is 46.4 Å². The molecule has 0 aliphatic carbocycles. The second kappa shape index (κ2) is 6.24. The molecule has 0 atom stereocenters. The Balaban J connectivity index is 1.65. The molecule has 0 aliphatic rings. The molecule has 22 heavy (non-hydrogen) atoms. The van der Waals surface area contributed by atoms with Crippen LogP contribution >= 0.6 is 23.1 Å². The molecule has 3 rings (SSSR count). The maximum absolute atomic E-state index is 11.9. The van der Waals surface area contributed by atoms with E-state index in [4.69, 9.17) is 0 Å². The van der Waals surface area contributed by atoms with Gasteiger partial charge in [0, 0.05) is 5.69 Å². The highest BCUT2D eigenvalue weighted by Gasteiger charge is 2.10. The Bertz CT molecular complexity index is 889. The molecule has 1 aromatic carbocycles. The van der Waals surface area contributed by atoms with Gasteiger partial charge in [-0.15, -0.1) is 10.2 Å². The van der Waals surface area contributed by atoms with E-state index in [1.165, 1.54) is 27.6 Å². The molecule has 7 nitrogen and oxygen atoms in total. The summed E-state index contributed by atoms with van der Waals surface area (Å²) in [7, 11) is 0. The Kier molecular flexibility index (Phi) is 4.16. The molecule has 0 radical (unpaired) electrons. The van der Waals surface area contributed by atoms with Gasteiger partial charge >= 0.3 is 0 Å². The standard InChI is InChI=1S/C13H11N5O2S2/c1-8-3-2-4-9(5-8)15-10(19)7-21-13-17-18-11(20)6-14-16-12(18)22-13/h2-6H,7H2,1H3,(H,15,19). The quantitative estimate of drug-likeness (QED) is 0.729. The van der Waals surface area contributed by atoms with Crippen molar-refractivity contribution in [3.63, 3.8) is 0 Å². The summed E-state index contributed by atoms with van der Waals surface area (Å²) in [4.78, 5) is 23.9. The number of anilines is 1. The van der Waals surface area contributed by atoms with E-state index in [-0.39, 0.29) is 17.2 Å². The van der Waals surface area contributed by atoms with E-state index in [1.807, 2.05) is 31.2 Å². The number of hydrogen-bond donors (Lipinski definition) is 1. The van der Waals surface area contributed by atoms with Gasteiger partial charge in [0.2, 0.25) is 10.9 Å². The third kappa shape index (κ3) is 3.31. The van der Waals surface area contributed by atoms with Gasteiger partial charge in [-0.1, -0.05) is 35.2 Å². The maximum Gasteiger partial charge on any atom is 0.293 e. The van der Waals surface area contributed by atoms with Crippen LogP contribution in [-0.2, 0) is 4.79 Å². The molecule has 0 fully saturated rings. The van der Waals surface area contributed by atoms with Crippen molar-refractivity contribution in [2.45, 2.75) is 11.3 Å². The van der Waals surface area contributed by atoms with Gasteiger partial charge in [0.05, 0.1) is 5.75 Å². The topological polar surface area (TPSA) is 89.3 Å². The van der Waals surface area contributed by atoms with Gasteiger partial charge in [-0.3, -0.25) is 9.59 Å². The fourth-order valence-electron chi connectivity index (χ4n) is 1.76. The molecule has 0 saturated carbocycles. The van der Waals surface area contributed by atoms with E-state index >= 15 is 0 Å². The first kappa shape index (κ1) is 14.7. The average Bonchev–Trinajstić information content (AvgIpc) is 2.90. The number of aromatic nitrogens is 4. The Hall–Kier alpha value is -2.26. The first-order valence-corrected chi connectivity index (χ1v) is 8.13. The van der Waals surface area contributed by atoms with Gasteiger partial charge in [0.1, 0.15) is 6.20 Å². The molecule has 0 spiro atoms. The Labute approximate surface area is 133 Å². The number of benzene rings is 1. The number of hydrogen-bond acceptors (Lipinski definition) is 7. The predicted octanol–water partition coefficient (Wildman–Crippen LogP) is 1.59. The van der Waals surface area contributed by atoms with Crippen LogP contribution in [0.15, 0.2) is 39.6 Å². The highest BCUT2D eigenvalue weighted by Crippen LogP contribution is 2.22. The number of carbonyl (C=O) groups excluding carboxylic acids is 1. The van der Waals surface area contributed by atoms with Crippen LogP contribution in [-0.4, -0.2) is 31.5 Å². The lowest BCUT2D eigenvalue weighted by molar-refractivity contribution is -0.113. The Morgan fingerprint density at radius 3 is 3.09 bits per heavy atom. The number of thioether (sulfide) groups is 1. The molecule has 0 saturated heterocycles. The van der Waals surface area contributed by atoms with Crippen molar-refractivity contribution in [1.29, 1.82) is 0 Å². The molecular formula is C13H11N5O2S2. The summed E-state index contributed by atoms with van der Waals surface area (Å²) in [6.45, 7) is 1.96.